The fourth-order valence-electron chi connectivity index (χ4n) is 1.58. The third kappa shape index (κ3) is 1.99. The highest BCUT2D eigenvalue weighted by atomic mass is 35.5. The summed E-state index contributed by atoms with van der Waals surface area (Å²) in [6, 6.07) is 3.40. The van der Waals surface area contributed by atoms with Crippen LogP contribution in [0.4, 0.5) is 9.18 Å². The average Bonchev–Trinajstić information content (AvgIpc) is 2.67. The van der Waals surface area contributed by atoms with Crippen molar-refractivity contribution in [1.82, 2.24) is 9.64 Å². The van der Waals surface area contributed by atoms with Crippen LogP contribution in [0, 0.1) is 5.82 Å². The van der Waals surface area contributed by atoms with E-state index in [0.29, 0.717) is 6.54 Å². The smallest absolute Gasteiger partial charge is 0.326 e. The van der Waals surface area contributed by atoms with Crippen LogP contribution in [0.15, 0.2) is 27.5 Å². The van der Waals surface area contributed by atoms with Crippen molar-refractivity contribution in [3.8, 4) is 0 Å². The second-order valence-electron chi connectivity index (χ2n) is 3.70. The third-order valence-corrected chi connectivity index (χ3v) is 2.68. The summed E-state index contributed by atoms with van der Waals surface area (Å²) in [6.07, 6.45) is 0. The van der Waals surface area contributed by atoms with E-state index in [1.165, 1.54) is 24.1 Å². The summed E-state index contributed by atoms with van der Waals surface area (Å²) in [6.45, 7) is 0.291. The molecule has 1 heterocycles. The van der Waals surface area contributed by atoms with Gasteiger partial charge in [0, 0.05) is 19.5 Å². The molecule has 18 heavy (non-hydrogen) atoms. The molecule has 1 aromatic carbocycles. The van der Waals surface area contributed by atoms with Crippen LogP contribution >= 0.6 is 11.6 Å². The number of alkyl halides is 1. The molecule has 0 fully saturated rings. The first-order chi connectivity index (χ1) is 8.56. The summed E-state index contributed by atoms with van der Waals surface area (Å²) in [4.78, 5) is 24.7. The minimum atomic E-state index is -0.879. The van der Waals surface area contributed by atoms with Gasteiger partial charge in [-0.25, -0.2) is 14.0 Å². The molecule has 1 aromatic heterocycles. The van der Waals surface area contributed by atoms with Gasteiger partial charge in [0.2, 0.25) is 0 Å². The van der Waals surface area contributed by atoms with Crippen molar-refractivity contribution < 1.29 is 13.7 Å². The zero-order valence-corrected chi connectivity index (χ0v) is 10.3. The molecular formula is C11H10ClFN2O3. The molecule has 0 spiro atoms. The van der Waals surface area contributed by atoms with Crippen molar-refractivity contribution in [3.05, 3.63) is 34.4 Å². The number of rotatable bonds is 2. The molecular weight excluding hydrogens is 263 g/mol. The highest BCUT2D eigenvalue weighted by Crippen LogP contribution is 2.15. The maximum Gasteiger partial charge on any atom is 0.369 e. The van der Waals surface area contributed by atoms with Gasteiger partial charge in [-0.05, 0) is 12.1 Å². The second-order valence-corrected chi connectivity index (χ2v) is 4.08. The molecule has 96 valence electrons. The summed E-state index contributed by atoms with van der Waals surface area (Å²) in [7, 11) is 1.51. The molecule has 5 nitrogen and oxygen atoms in total. The highest BCUT2D eigenvalue weighted by Gasteiger charge is 2.20. The monoisotopic (exact) mass is 272 g/mol. The van der Waals surface area contributed by atoms with E-state index in [9.17, 15) is 14.0 Å². The molecule has 0 aliphatic heterocycles. The van der Waals surface area contributed by atoms with Crippen LogP contribution in [-0.4, -0.2) is 35.1 Å². The summed E-state index contributed by atoms with van der Waals surface area (Å²) < 4.78 is 19.0. The first kappa shape index (κ1) is 12.6. The van der Waals surface area contributed by atoms with E-state index in [0.717, 1.165) is 10.8 Å². The molecule has 0 bridgehead atoms. The highest BCUT2D eigenvalue weighted by molar-refractivity contribution is 6.18. The summed E-state index contributed by atoms with van der Waals surface area (Å²) in [5.74, 6) is -0.465. The number of hydrogen-bond donors (Lipinski definition) is 0. The van der Waals surface area contributed by atoms with E-state index in [-0.39, 0.29) is 16.8 Å². The maximum absolute atomic E-state index is 13.5. The molecule has 7 heteroatoms. The van der Waals surface area contributed by atoms with Crippen LogP contribution in [-0.2, 0) is 0 Å². The Morgan fingerprint density at radius 1 is 1.56 bits per heavy atom. The van der Waals surface area contributed by atoms with E-state index in [1.807, 2.05) is 0 Å². The van der Waals surface area contributed by atoms with Gasteiger partial charge in [0.25, 0.3) is 0 Å². The van der Waals surface area contributed by atoms with Crippen LogP contribution in [0.1, 0.15) is 0 Å². The van der Waals surface area contributed by atoms with Crippen molar-refractivity contribution in [2.75, 3.05) is 19.5 Å². The normalized spacial score (nSPS) is 10.8. The number of aromatic nitrogens is 1. The number of hydrogen-bond acceptors (Lipinski definition) is 3. The number of carbonyl (C=O) groups is 1. The van der Waals surface area contributed by atoms with Crippen LogP contribution in [0.2, 0.25) is 0 Å². The van der Waals surface area contributed by atoms with Crippen LogP contribution < -0.4 is 5.63 Å². The molecule has 2 rings (SSSR count). The minimum absolute atomic E-state index is 0.103. The molecule has 0 radical (unpaired) electrons. The Labute approximate surface area is 106 Å². The van der Waals surface area contributed by atoms with Crippen molar-refractivity contribution in [3.63, 3.8) is 0 Å². The fourth-order valence-corrected chi connectivity index (χ4v) is 1.83. The van der Waals surface area contributed by atoms with E-state index in [4.69, 9.17) is 16.1 Å². The summed E-state index contributed by atoms with van der Waals surface area (Å²) in [5.41, 5.74) is -0.776. The van der Waals surface area contributed by atoms with E-state index >= 15 is 0 Å². The first-order valence-corrected chi connectivity index (χ1v) is 5.71. The van der Waals surface area contributed by atoms with Gasteiger partial charge in [-0.3, -0.25) is 0 Å². The SMILES string of the molecule is CN(CCCl)C(=O)n1oc(=O)c2c(F)cccc21. The van der Waals surface area contributed by atoms with Gasteiger partial charge >= 0.3 is 11.7 Å². The Morgan fingerprint density at radius 3 is 2.94 bits per heavy atom. The van der Waals surface area contributed by atoms with Gasteiger partial charge in [-0.2, -0.15) is 0 Å². The lowest BCUT2D eigenvalue weighted by Gasteiger charge is -2.14. The Hall–Kier alpha value is -1.82. The number of benzene rings is 1. The molecule has 2 aromatic rings. The van der Waals surface area contributed by atoms with Gasteiger partial charge in [-0.1, -0.05) is 6.07 Å². The Balaban J connectivity index is 2.56. The topological polar surface area (TPSA) is 55.5 Å². The minimum Gasteiger partial charge on any atom is -0.326 e. The quantitative estimate of drug-likeness (QED) is 0.784. The largest absolute Gasteiger partial charge is 0.369 e. The molecule has 0 aliphatic carbocycles. The van der Waals surface area contributed by atoms with Gasteiger partial charge in [0.1, 0.15) is 16.7 Å². The van der Waals surface area contributed by atoms with Crippen LogP contribution in [0.5, 0.6) is 0 Å². The predicted molar refractivity (Wildman–Crippen MR) is 64.6 cm³/mol. The molecule has 0 unspecified atom stereocenters. The van der Waals surface area contributed by atoms with Gasteiger partial charge in [0.05, 0.1) is 0 Å². The fraction of sp³-hybridized carbons (Fsp3) is 0.273. The first-order valence-electron chi connectivity index (χ1n) is 5.18. The van der Waals surface area contributed by atoms with Gasteiger partial charge in [-0.15, -0.1) is 16.3 Å². The number of halogens is 2. The maximum atomic E-state index is 13.5. The number of amides is 1. The standard InChI is InChI=1S/C11H10ClFN2O3/c1-14(6-5-12)11(17)15-8-4-2-3-7(13)9(8)10(16)18-15/h2-4H,5-6H2,1H3. The van der Waals surface area contributed by atoms with Crippen molar-refractivity contribution in [2.24, 2.45) is 0 Å². The number of carbonyl (C=O) groups excluding carboxylic acids is 1. The molecule has 0 saturated carbocycles. The molecule has 0 atom stereocenters. The lowest BCUT2D eigenvalue weighted by atomic mass is 10.2. The molecule has 0 aliphatic rings. The van der Waals surface area contributed by atoms with E-state index < -0.39 is 17.5 Å². The number of fused-ring (bicyclic) bond motifs is 1. The lowest BCUT2D eigenvalue weighted by molar-refractivity contribution is 0.181. The zero-order chi connectivity index (χ0) is 13.3. The van der Waals surface area contributed by atoms with Crippen molar-refractivity contribution in [2.45, 2.75) is 0 Å². The van der Waals surface area contributed by atoms with Crippen molar-refractivity contribution in [1.29, 1.82) is 0 Å². The molecule has 1 amide bonds. The molecule has 0 N–H and O–H groups in total. The Morgan fingerprint density at radius 2 is 2.28 bits per heavy atom. The van der Waals surface area contributed by atoms with E-state index in [1.54, 1.807) is 0 Å². The average molecular weight is 273 g/mol. The Kier molecular flexibility index (Phi) is 3.38. The summed E-state index contributed by atoms with van der Waals surface area (Å²) in [5, 5.41) is -0.231. The van der Waals surface area contributed by atoms with Crippen LogP contribution in [0.3, 0.4) is 0 Å². The lowest BCUT2D eigenvalue weighted by Crippen LogP contribution is -2.32. The van der Waals surface area contributed by atoms with E-state index in [2.05, 4.69) is 0 Å². The van der Waals surface area contributed by atoms with Crippen LogP contribution in [0.25, 0.3) is 10.9 Å². The predicted octanol–water partition coefficient (Wildman–Crippen LogP) is 1.87. The third-order valence-electron chi connectivity index (χ3n) is 2.51. The van der Waals surface area contributed by atoms with Gasteiger partial charge < -0.3 is 9.42 Å². The second kappa shape index (κ2) is 4.81. The zero-order valence-electron chi connectivity index (χ0n) is 9.52. The summed E-state index contributed by atoms with van der Waals surface area (Å²) >= 11 is 5.52. The van der Waals surface area contributed by atoms with Crippen molar-refractivity contribution >= 4 is 28.5 Å². The van der Waals surface area contributed by atoms with Gasteiger partial charge in [0.15, 0.2) is 0 Å². The Bertz CT molecular complexity index is 649. The number of nitrogens with zero attached hydrogens (tertiary/aromatic N) is 2. The molecule has 0 saturated heterocycles.